The Labute approximate surface area is 251 Å². The van der Waals surface area contributed by atoms with Gasteiger partial charge in [0.05, 0.1) is 16.3 Å². The summed E-state index contributed by atoms with van der Waals surface area (Å²) in [6.07, 6.45) is 0. The summed E-state index contributed by atoms with van der Waals surface area (Å²) in [6, 6.07) is 15.6. The van der Waals surface area contributed by atoms with Gasteiger partial charge in [-0.3, -0.25) is 9.69 Å². The highest BCUT2D eigenvalue weighted by Crippen LogP contribution is 2.34. The van der Waals surface area contributed by atoms with Gasteiger partial charge in [-0.25, -0.2) is 18.0 Å². The van der Waals surface area contributed by atoms with Gasteiger partial charge in [-0.1, -0.05) is 47.1 Å². The Morgan fingerprint density at radius 2 is 1.65 bits per heavy atom. The lowest BCUT2D eigenvalue weighted by molar-refractivity contribution is 0.0703. The van der Waals surface area contributed by atoms with Crippen LogP contribution in [0.5, 0.6) is 0 Å². The number of amides is 3. The number of urea groups is 1. The fourth-order valence-electron chi connectivity index (χ4n) is 4.93. The zero-order valence-corrected chi connectivity index (χ0v) is 24.1. The van der Waals surface area contributed by atoms with E-state index in [4.69, 9.17) is 16.1 Å². The molecule has 1 aromatic heterocycles. The summed E-state index contributed by atoms with van der Waals surface area (Å²) < 4.78 is 47.7. The fourth-order valence-corrected chi connectivity index (χ4v) is 5.19. The number of benzene rings is 3. The summed E-state index contributed by atoms with van der Waals surface area (Å²) >= 11 is 6.28. The van der Waals surface area contributed by atoms with E-state index in [1.807, 2.05) is 0 Å². The topological polar surface area (TPSA) is 81.9 Å². The van der Waals surface area contributed by atoms with Crippen molar-refractivity contribution in [1.29, 1.82) is 0 Å². The molecule has 3 amide bonds. The fraction of sp³-hybridized carbons (Fsp3) is 0.258. The second-order valence-electron chi connectivity index (χ2n) is 10.2. The molecular formula is C31H29ClF3N5O3. The van der Waals surface area contributed by atoms with E-state index in [2.05, 4.69) is 15.4 Å². The maximum Gasteiger partial charge on any atom is 0.322 e. The first-order valence-electron chi connectivity index (χ1n) is 13.7. The molecule has 8 nitrogen and oxygen atoms in total. The minimum absolute atomic E-state index is 0.00388. The van der Waals surface area contributed by atoms with E-state index in [1.54, 1.807) is 41.0 Å². The molecule has 0 atom stereocenters. The molecule has 43 heavy (non-hydrogen) atoms. The highest BCUT2D eigenvalue weighted by atomic mass is 35.5. The largest absolute Gasteiger partial charge is 0.360 e. The van der Waals surface area contributed by atoms with Crippen molar-refractivity contribution < 1.29 is 27.3 Å². The Bertz CT molecular complexity index is 1590. The molecular weight excluding hydrogens is 583 g/mol. The van der Waals surface area contributed by atoms with E-state index >= 15 is 0 Å². The summed E-state index contributed by atoms with van der Waals surface area (Å²) in [6.45, 7) is 4.35. The number of carbonyl (C=O) groups excluding carboxylic acids is 2. The number of halogens is 4. The van der Waals surface area contributed by atoms with Gasteiger partial charge in [-0.15, -0.1) is 0 Å². The van der Waals surface area contributed by atoms with Crippen molar-refractivity contribution in [3.05, 3.63) is 106 Å². The second kappa shape index (κ2) is 13.3. The minimum atomic E-state index is -0.642. The number of anilines is 1. The number of piperazine rings is 1. The van der Waals surface area contributed by atoms with E-state index in [0.29, 0.717) is 38.3 Å². The van der Waals surface area contributed by atoms with Gasteiger partial charge < -0.3 is 19.6 Å². The van der Waals surface area contributed by atoms with Crippen molar-refractivity contribution in [2.45, 2.75) is 13.5 Å². The third kappa shape index (κ3) is 7.00. The van der Waals surface area contributed by atoms with Crippen LogP contribution in [0.25, 0.3) is 11.3 Å². The van der Waals surface area contributed by atoms with Crippen LogP contribution in [0.15, 0.2) is 71.3 Å². The zero-order chi connectivity index (χ0) is 30.5. The van der Waals surface area contributed by atoms with E-state index in [9.17, 15) is 22.8 Å². The molecule has 0 bridgehead atoms. The zero-order valence-electron chi connectivity index (χ0n) is 23.3. The number of para-hydroxylation sites is 1. The predicted molar refractivity (Wildman–Crippen MR) is 156 cm³/mol. The van der Waals surface area contributed by atoms with Crippen LogP contribution < -0.4 is 5.32 Å². The lowest BCUT2D eigenvalue weighted by Crippen LogP contribution is -2.51. The molecule has 3 aromatic carbocycles. The van der Waals surface area contributed by atoms with Crippen LogP contribution in [0.1, 0.15) is 21.7 Å². The van der Waals surface area contributed by atoms with Gasteiger partial charge in [0.15, 0.2) is 0 Å². The van der Waals surface area contributed by atoms with Gasteiger partial charge in [0, 0.05) is 45.8 Å². The van der Waals surface area contributed by atoms with Gasteiger partial charge in [-0.05, 0) is 48.9 Å². The van der Waals surface area contributed by atoms with Crippen LogP contribution in [0, 0.1) is 24.4 Å². The first kappa shape index (κ1) is 30.1. The molecule has 12 heteroatoms. The number of nitrogens with one attached hydrogen (secondary N) is 1. The van der Waals surface area contributed by atoms with Crippen molar-refractivity contribution >= 4 is 29.2 Å². The van der Waals surface area contributed by atoms with Gasteiger partial charge >= 0.3 is 6.03 Å². The summed E-state index contributed by atoms with van der Waals surface area (Å²) in [5.41, 5.74) is 0.873. The number of aromatic nitrogens is 1. The molecule has 0 aliphatic carbocycles. The van der Waals surface area contributed by atoms with Crippen molar-refractivity contribution in [2.75, 3.05) is 44.6 Å². The maximum absolute atomic E-state index is 14.8. The standard InChI is InChI=1S/C31H29ClF3N5O3/c1-20-27(29(37-43-20)28-23(32)5-4-7-25(28)35)30(41)40(19-21-9-11-22(33)12-10-21)18-15-38-13-16-39(17-14-38)31(42)36-26-8-3-2-6-24(26)34/h2-12H,13-19H2,1H3,(H,36,42). The highest BCUT2D eigenvalue weighted by Gasteiger charge is 2.30. The van der Waals surface area contributed by atoms with Gasteiger partial charge in [0.1, 0.15) is 34.5 Å². The SMILES string of the molecule is Cc1onc(-c2c(F)cccc2Cl)c1C(=O)N(CCN1CCN(C(=O)Nc2ccccc2F)CC1)Cc1ccc(F)cc1. The lowest BCUT2D eigenvalue weighted by Gasteiger charge is -2.36. The van der Waals surface area contributed by atoms with Gasteiger partial charge in [0.25, 0.3) is 5.91 Å². The van der Waals surface area contributed by atoms with Gasteiger partial charge in [-0.2, -0.15) is 0 Å². The van der Waals surface area contributed by atoms with Crippen LogP contribution in [0.2, 0.25) is 5.02 Å². The first-order valence-corrected chi connectivity index (χ1v) is 14.1. The quantitative estimate of drug-likeness (QED) is 0.256. The van der Waals surface area contributed by atoms with Crippen molar-refractivity contribution in [3.63, 3.8) is 0 Å². The Hall–Kier alpha value is -4.35. The normalized spacial score (nSPS) is 13.7. The molecule has 1 saturated heterocycles. The van der Waals surface area contributed by atoms with Crippen molar-refractivity contribution in [1.82, 2.24) is 19.9 Å². The van der Waals surface area contributed by atoms with E-state index in [-0.39, 0.29) is 52.4 Å². The number of hydrogen-bond acceptors (Lipinski definition) is 5. The summed E-state index contributed by atoms with van der Waals surface area (Å²) in [5, 5.41) is 6.66. The number of carbonyl (C=O) groups is 2. The Morgan fingerprint density at radius 3 is 2.35 bits per heavy atom. The molecule has 2 heterocycles. The lowest BCUT2D eigenvalue weighted by atomic mass is 10.0. The average molecular weight is 612 g/mol. The summed E-state index contributed by atoms with van der Waals surface area (Å²) in [4.78, 5) is 32.0. The Morgan fingerprint density at radius 1 is 0.953 bits per heavy atom. The molecule has 0 spiro atoms. The van der Waals surface area contributed by atoms with Crippen molar-refractivity contribution in [2.24, 2.45) is 0 Å². The van der Waals surface area contributed by atoms with E-state index in [1.165, 1.54) is 42.5 Å². The summed E-state index contributed by atoms with van der Waals surface area (Å²) in [7, 11) is 0. The molecule has 1 fully saturated rings. The van der Waals surface area contributed by atoms with Crippen LogP contribution in [-0.2, 0) is 6.54 Å². The molecule has 1 N–H and O–H groups in total. The minimum Gasteiger partial charge on any atom is -0.360 e. The van der Waals surface area contributed by atoms with E-state index < -0.39 is 23.4 Å². The molecule has 5 rings (SSSR count). The monoisotopic (exact) mass is 611 g/mol. The smallest absolute Gasteiger partial charge is 0.322 e. The molecule has 4 aromatic rings. The molecule has 0 radical (unpaired) electrons. The second-order valence-corrected chi connectivity index (χ2v) is 10.6. The average Bonchev–Trinajstić information content (AvgIpc) is 3.37. The van der Waals surface area contributed by atoms with Gasteiger partial charge in [0.2, 0.25) is 0 Å². The number of nitrogens with zero attached hydrogens (tertiary/aromatic N) is 4. The van der Waals surface area contributed by atoms with Crippen LogP contribution >= 0.6 is 11.6 Å². The molecule has 0 unspecified atom stereocenters. The van der Waals surface area contributed by atoms with Crippen LogP contribution in [0.4, 0.5) is 23.7 Å². The highest BCUT2D eigenvalue weighted by molar-refractivity contribution is 6.33. The molecule has 1 aliphatic rings. The molecule has 1 aliphatic heterocycles. The Kier molecular flexibility index (Phi) is 9.32. The maximum atomic E-state index is 14.8. The van der Waals surface area contributed by atoms with Crippen LogP contribution in [0.3, 0.4) is 0 Å². The van der Waals surface area contributed by atoms with Crippen LogP contribution in [-0.4, -0.2) is 71.1 Å². The number of aryl methyl sites for hydroxylation is 1. The first-order chi connectivity index (χ1) is 20.7. The third-order valence-corrected chi connectivity index (χ3v) is 7.63. The molecule has 224 valence electrons. The number of rotatable bonds is 8. The van der Waals surface area contributed by atoms with E-state index in [0.717, 1.165) is 0 Å². The number of hydrogen-bond donors (Lipinski definition) is 1. The summed E-state index contributed by atoms with van der Waals surface area (Å²) in [5.74, 6) is -1.79. The Balaban J connectivity index is 1.29. The predicted octanol–water partition coefficient (Wildman–Crippen LogP) is 6.21. The third-order valence-electron chi connectivity index (χ3n) is 7.31. The van der Waals surface area contributed by atoms with Crippen molar-refractivity contribution in [3.8, 4) is 11.3 Å². The molecule has 0 saturated carbocycles.